The van der Waals surface area contributed by atoms with Gasteiger partial charge in [-0.1, -0.05) is 0 Å². The number of hydrogen-bond acceptors (Lipinski definition) is 5. The second-order valence-corrected chi connectivity index (χ2v) is 3.71. The lowest BCUT2D eigenvalue weighted by Crippen LogP contribution is -2.46. The van der Waals surface area contributed by atoms with Gasteiger partial charge in [-0.05, 0) is 13.3 Å². The lowest BCUT2D eigenvalue weighted by atomic mass is 10.2. The molecule has 0 saturated heterocycles. The van der Waals surface area contributed by atoms with Crippen LogP contribution in [-0.2, 0) is 14.3 Å². The molecule has 0 fully saturated rings. The molecule has 0 aliphatic heterocycles. The zero-order valence-corrected chi connectivity index (χ0v) is 10.8. The van der Waals surface area contributed by atoms with Crippen LogP contribution < -0.4 is 10.6 Å². The van der Waals surface area contributed by atoms with Gasteiger partial charge in [-0.2, -0.15) is 0 Å². The molecule has 2 amide bonds. The van der Waals surface area contributed by atoms with Crippen LogP contribution in [0.3, 0.4) is 0 Å². The third kappa shape index (κ3) is 8.83. The van der Waals surface area contributed by atoms with Crippen molar-refractivity contribution in [3.05, 3.63) is 0 Å². The van der Waals surface area contributed by atoms with Gasteiger partial charge in [-0.3, -0.25) is 4.79 Å². The highest BCUT2D eigenvalue weighted by atomic mass is 16.5. The summed E-state index contributed by atoms with van der Waals surface area (Å²) in [7, 11) is 0. The number of amides is 2. The predicted octanol–water partition coefficient (Wildman–Crippen LogP) is -0.535. The SMILES string of the molecule is CCOC(=O)CCCNC(=O)N[C@@H](CCO)C(=O)O. The van der Waals surface area contributed by atoms with Crippen molar-refractivity contribution in [1.82, 2.24) is 10.6 Å². The average Bonchev–Trinajstić information content (AvgIpc) is 2.34. The Hall–Kier alpha value is -1.83. The Morgan fingerprint density at radius 1 is 1.32 bits per heavy atom. The zero-order valence-electron chi connectivity index (χ0n) is 10.8. The molecule has 0 heterocycles. The number of urea groups is 1. The number of nitrogens with one attached hydrogen (secondary N) is 2. The molecule has 0 aromatic rings. The van der Waals surface area contributed by atoms with E-state index < -0.39 is 18.0 Å². The van der Waals surface area contributed by atoms with Crippen molar-refractivity contribution in [2.45, 2.75) is 32.2 Å². The number of aliphatic hydroxyl groups excluding tert-OH is 1. The lowest BCUT2D eigenvalue weighted by molar-refractivity contribution is -0.143. The highest BCUT2D eigenvalue weighted by Gasteiger charge is 2.18. The summed E-state index contributed by atoms with van der Waals surface area (Å²) in [5, 5.41) is 22.0. The second kappa shape index (κ2) is 10.1. The highest BCUT2D eigenvalue weighted by Crippen LogP contribution is 1.93. The fourth-order valence-corrected chi connectivity index (χ4v) is 1.26. The minimum absolute atomic E-state index is 0.0639. The number of rotatable bonds is 9. The minimum atomic E-state index is -1.21. The summed E-state index contributed by atoms with van der Waals surface area (Å²) < 4.78 is 4.70. The van der Waals surface area contributed by atoms with Crippen LogP contribution in [0.2, 0.25) is 0 Å². The van der Waals surface area contributed by atoms with Crippen molar-refractivity contribution in [3.8, 4) is 0 Å². The summed E-state index contributed by atoms with van der Waals surface area (Å²) in [5.41, 5.74) is 0. The molecular weight excluding hydrogens is 256 g/mol. The Bertz CT molecular complexity index is 308. The van der Waals surface area contributed by atoms with E-state index in [0.29, 0.717) is 13.0 Å². The second-order valence-electron chi connectivity index (χ2n) is 3.71. The molecule has 0 rings (SSSR count). The molecule has 8 nitrogen and oxygen atoms in total. The van der Waals surface area contributed by atoms with E-state index in [1.807, 2.05) is 0 Å². The average molecular weight is 276 g/mol. The van der Waals surface area contributed by atoms with E-state index in [-0.39, 0.29) is 32.0 Å². The van der Waals surface area contributed by atoms with Crippen molar-refractivity contribution in [3.63, 3.8) is 0 Å². The zero-order chi connectivity index (χ0) is 14.7. The molecule has 1 atom stereocenters. The summed E-state index contributed by atoms with van der Waals surface area (Å²) in [6, 6.07) is -1.78. The van der Waals surface area contributed by atoms with E-state index in [1.165, 1.54) is 0 Å². The molecule has 0 bridgehead atoms. The molecule has 0 aromatic carbocycles. The maximum absolute atomic E-state index is 11.3. The van der Waals surface area contributed by atoms with Gasteiger partial charge in [-0.25, -0.2) is 9.59 Å². The van der Waals surface area contributed by atoms with E-state index in [2.05, 4.69) is 10.6 Å². The number of carboxylic acid groups (broad SMARTS) is 1. The molecule has 8 heteroatoms. The lowest BCUT2D eigenvalue weighted by Gasteiger charge is -2.13. The van der Waals surface area contributed by atoms with Crippen LogP contribution in [0, 0.1) is 0 Å². The standard InChI is InChI=1S/C11H20N2O6/c1-2-19-9(15)4-3-6-12-11(18)13-8(5-7-14)10(16)17/h8,14H,2-7H2,1H3,(H,16,17)(H2,12,13,18)/t8-/m0/s1. The monoisotopic (exact) mass is 276 g/mol. The number of esters is 1. The van der Waals surface area contributed by atoms with Crippen LogP contribution in [0.4, 0.5) is 4.79 Å². The van der Waals surface area contributed by atoms with E-state index in [0.717, 1.165) is 0 Å². The van der Waals surface area contributed by atoms with Gasteiger partial charge in [0.1, 0.15) is 6.04 Å². The number of ether oxygens (including phenoxy) is 1. The number of aliphatic carboxylic acids is 1. The molecule has 0 radical (unpaired) electrons. The van der Waals surface area contributed by atoms with Gasteiger partial charge >= 0.3 is 18.0 Å². The summed E-state index contributed by atoms with van der Waals surface area (Å²) >= 11 is 0. The smallest absolute Gasteiger partial charge is 0.326 e. The first-order valence-electron chi connectivity index (χ1n) is 6.04. The molecule has 0 unspecified atom stereocenters. The number of carbonyl (C=O) groups is 3. The van der Waals surface area contributed by atoms with Gasteiger partial charge in [-0.15, -0.1) is 0 Å². The van der Waals surface area contributed by atoms with Crippen LogP contribution in [0.15, 0.2) is 0 Å². The van der Waals surface area contributed by atoms with Crippen LogP contribution in [0.5, 0.6) is 0 Å². The van der Waals surface area contributed by atoms with E-state index in [9.17, 15) is 14.4 Å². The summed E-state index contributed by atoms with van der Waals surface area (Å²) in [4.78, 5) is 33.0. The first kappa shape index (κ1) is 17.2. The Balaban J connectivity index is 3.79. The Labute approximate surface area is 111 Å². The first-order valence-corrected chi connectivity index (χ1v) is 6.04. The predicted molar refractivity (Wildman–Crippen MR) is 65.5 cm³/mol. The fraction of sp³-hybridized carbons (Fsp3) is 0.727. The van der Waals surface area contributed by atoms with Crippen LogP contribution in [0.1, 0.15) is 26.2 Å². The van der Waals surface area contributed by atoms with Gasteiger partial charge in [0.15, 0.2) is 0 Å². The van der Waals surface area contributed by atoms with E-state index in [4.69, 9.17) is 14.9 Å². The molecule has 0 aliphatic carbocycles. The maximum Gasteiger partial charge on any atom is 0.326 e. The Kier molecular flexibility index (Phi) is 9.15. The fourth-order valence-electron chi connectivity index (χ4n) is 1.26. The number of carboxylic acids is 1. The Morgan fingerprint density at radius 2 is 2.00 bits per heavy atom. The molecule has 19 heavy (non-hydrogen) atoms. The normalized spacial score (nSPS) is 11.5. The van der Waals surface area contributed by atoms with E-state index >= 15 is 0 Å². The van der Waals surface area contributed by atoms with Crippen molar-refractivity contribution < 1.29 is 29.3 Å². The molecule has 0 saturated carbocycles. The molecule has 4 N–H and O–H groups in total. The largest absolute Gasteiger partial charge is 0.480 e. The van der Waals surface area contributed by atoms with Gasteiger partial charge in [0.05, 0.1) is 6.61 Å². The van der Waals surface area contributed by atoms with Gasteiger partial charge in [0.25, 0.3) is 0 Å². The topological polar surface area (TPSA) is 125 Å². The molecular formula is C11H20N2O6. The van der Waals surface area contributed by atoms with Gasteiger partial charge in [0, 0.05) is 26.0 Å². The van der Waals surface area contributed by atoms with E-state index in [1.54, 1.807) is 6.92 Å². The third-order valence-electron chi connectivity index (χ3n) is 2.17. The van der Waals surface area contributed by atoms with Crippen molar-refractivity contribution in [2.75, 3.05) is 19.8 Å². The van der Waals surface area contributed by atoms with Gasteiger partial charge < -0.3 is 25.6 Å². The van der Waals surface area contributed by atoms with Gasteiger partial charge in [0.2, 0.25) is 0 Å². The van der Waals surface area contributed by atoms with Crippen LogP contribution >= 0.6 is 0 Å². The van der Waals surface area contributed by atoms with Crippen LogP contribution in [-0.4, -0.2) is 54.0 Å². The molecule has 0 spiro atoms. The minimum Gasteiger partial charge on any atom is -0.480 e. The first-order chi connectivity index (χ1) is 9.01. The number of aliphatic hydroxyl groups is 1. The quantitative estimate of drug-likeness (QED) is 0.331. The summed E-state index contributed by atoms with van der Waals surface area (Å²) in [6.07, 6.45) is 0.530. The summed E-state index contributed by atoms with van der Waals surface area (Å²) in [5.74, 6) is -1.55. The molecule has 0 aliphatic rings. The number of hydrogen-bond donors (Lipinski definition) is 4. The maximum atomic E-state index is 11.3. The van der Waals surface area contributed by atoms with Crippen molar-refractivity contribution in [1.29, 1.82) is 0 Å². The Morgan fingerprint density at radius 3 is 2.53 bits per heavy atom. The summed E-state index contributed by atoms with van der Waals surface area (Å²) in [6.45, 7) is 1.92. The van der Waals surface area contributed by atoms with Crippen LogP contribution in [0.25, 0.3) is 0 Å². The van der Waals surface area contributed by atoms with Crippen molar-refractivity contribution in [2.24, 2.45) is 0 Å². The molecule has 110 valence electrons. The molecule has 0 aromatic heterocycles. The highest BCUT2D eigenvalue weighted by molar-refractivity contribution is 5.82. The van der Waals surface area contributed by atoms with Crippen molar-refractivity contribution >= 4 is 18.0 Å². The number of carbonyl (C=O) groups excluding carboxylic acids is 2. The third-order valence-corrected chi connectivity index (χ3v) is 2.17.